The Labute approximate surface area is 196 Å². The first-order chi connectivity index (χ1) is 16.1. The molecule has 1 amide bonds. The third-order valence-electron chi connectivity index (χ3n) is 4.88. The van der Waals surface area contributed by atoms with Crippen LogP contribution in [0.5, 0.6) is 11.5 Å². The van der Waals surface area contributed by atoms with E-state index in [1.807, 2.05) is 0 Å². The SMILES string of the molecule is COc1ccc(N(CC(=O)Nc2cccc([N+](=O)[O-])c2)S(=O)(=O)c2cc(C)ccc2OC)cc1. The van der Waals surface area contributed by atoms with Crippen LogP contribution in [-0.2, 0) is 14.8 Å². The largest absolute Gasteiger partial charge is 0.497 e. The van der Waals surface area contributed by atoms with E-state index in [-0.39, 0.29) is 27.7 Å². The summed E-state index contributed by atoms with van der Waals surface area (Å²) in [7, 11) is -1.41. The molecule has 178 valence electrons. The topological polar surface area (TPSA) is 128 Å². The summed E-state index contributed by atoms with van der Waals surface area (Å²) in [5.74, 6) is -0.0509. The first kappa shape index (κ1) is 24.5. The number of sulfonamides is 1. The lowest BCUT2D eigenvalue weighted by Crippen LogP contribution is -2.38. The minimum Gasteiger partial charge on any atom is -0.497 e. The van der Waals surface area contributed by atoms with Gasteiger partial charge in [0.05, 0.1) is 24.8 Å². The van der Waals surface area contributed by atoms with Gasteiger partial charge in [-0.2, -0.15) is 0 Å². The molecular formula is C23H23N3O7S. The van der Waals surface area contributed by atoms with Gasteiger partial charge < -0.3 is 14.8 Å². The van der Waals surface area contributed by atoms with E-state index in [0.29, 0.717) is 11.3 Å². The Morgan fingerprint density at radius 2 is 1.74 bits per heavy atom. The zero-order valence-electron chi connectivity index (χ0n) is 18.7. The molecule has 0 radical (unpaired) electrons. The fraction of sp³-hybridized carbons (Fsp3) is 0.174. The third kappa shape index (κ3) is 5.44. The number of methoxy groups -OCH3 is 2. The quantitative estimate of drug-likeness (QED) is 0.361. The van der Waals surface area contributed by atoms with Crippen molar-refractivity contribution in [3.63, 3.8) is 0 Å². The van der Waals surface area contributed by atoms with E-state index in [4.69, 9.17) is 9.47 Å². The summed E-state index contributed by atoms with van der Waals surface area (Å²) in [4.78, 5) is 23.2. The second kappa shape index (κ2) is 10.2. The molecule has 0 aliphatic rings. The molecule has 34 heavy (non-hydrogen) atoms. The molecule has 0 heterocycles. The highest BCUT2D eigenvalue weighted by molar-refractivity contribution is 7.93. The van der Waals surface area contributed by atoms with Crippen LogP contribution in [0, 0.1) is 17.0 Å². The second-order valence-electron chi connectivity index (χ2n) is 7.22. The van der Waals surface area contributed by atoms with Crippen molar-refractivity contribution in [3.8, 4) is 11.5 Å². The molecule has 0 saturated heterocycles. The summed E-state index contributed by atoms with van der Waals surface area (Å²) < 4.78 is 38.7. The molecule has 0 aromatic heterocycles. The number of hydrogen-bond acceptors (Lipinski definition) is 7. The zero-order chi connectivity index (χ0) is 24.9. The number of nitrogens with zero attached hydrogens (tertiary/aromatic N) is 2. The van der Waals surface area contributed by atoms with E-state index in [1.165, 1.54) is 62.8 Å². The molecule has 0 unspecified atom stereocenters. The predicted molar refractivity (Wildman–Crippen MR) is 127 cm³/mol. The van der Waals surface area contributed by atoms with Gasteiger partial charge in [-0.05, 0) is 55.0 Å². The number of rotatable bonds is 9. The summed E-state index contributed by atoms with van der Waals surface area (Å²) in [6, 6.07) is 16.3. The van der Waals surface area contributed by atoms with Crippen LogP contribution in [0.4, 0.5) is 17.1 Å². The maximum absolute atomic E-state index is 13.7. The number of nitrogens with one attached hydrogen (secondary N) is 1. The minimum atomic E-state index is -4.25. The van der Waals surface area contributed by atoms with Crippen LogP contribution < -0.4 is 19.1 Å². The van der Waals surface area contributed by atoms with Crippen LogP contribution in [-0.4, -0.2) is 40.0 Å². The number of aryl methyl sites for hydroxylation is 1. The number of carbonyl (C=O) groups is 1. The highest BCUT2D eigenvalue weighted by Gasteiger charge is 2.30. The van der Waals surface area contributed by atoms with Gasteiger partial charge >= 0.3 is 0 Å². The van der Waals surface area contributed by atoms with E-state index in [0.717, 1.165) is 4.31 Å². The first-order valence-electron chi connectivity index (χ1n) is 10.0. The standard InChI is InChI=1S/C23H23N3O7S/c1-16-7-12-21(33-3)22(13-16)34(30,31)25(18-8-10-20(32-2)11-9-18)15-23(27)24-17-5-4-6-19(14-17)26(28)29/h4-14H,15H2,1-3H3,(H,24,27). The van der Waals surface area contributed by atoms with Gasteiger partial charge in [-0.3, -0.25) is 19.2 Å². The summed E-state index contributed by atoms with van der Waals surface area (Å²) in [6.45, 7) is 1.15. The van der Waals surface area contributed by atoms with E-state index < -0.39 is 27.4 Å². The lowest BCUT2D eigenvalue weighted by Gasteiger charge is -2.25. The molecule has 0 atom stereocenters. The Kier molecular flexibility index (Phi) is 7.37. The number of anilines is 2. The molecule has 10 nitrogen and oxygen atoms in total. The van der Waals surface area contributed by atoms with Crippen LogP contribution >= 0.6 is 0 Å². The number of non-ortho nitro benzene ring substituents is 1. The summed E-state index contributed by atoms with van der Waals surface area (Å²) in [6.07, 6.45) is 0. The Morgan fingerprint density at radius 3 is 2.35 bits per heavy atom. The van der Waals surface area contributed by atoms with Gasteiger partial charge in [0.1, 0.15) is 22.9 Å². The number of nitro groups is 1. The van der Waals surface area contributed by atoms with Crippen molar-refractivity contribution in [1.29, 1.82) is 0 Å². The zero-order valence-corrected chi connectivity index (χ0v) is 19.5. The lowest BCUT2D eigenvalue weighted by molar-refractivity contribution is -0.384. The minimum absolute atomic E-state index is 0.103. The molecule has 3 aromatic rings. The second-order valence-corrected chi connectivity index (χ2v) is 9.05. The van der Waals surface area contributed by atoms with Crippen molar-refractivity contribution in [2.75, 3.05) is 30.4 Å². The molecule has 11 heteroatoms. The highest BCUT2D eigenvalue weighted by atomic mass is 32.2. The van der Waals surface area contributed by atoms with Crippen LogP contribution in [0.2, 0.25) is 0 Å². The van der Waals surface area contributed by atoms with Crippen LogP contribution in [0.3, 0.4) is 0 Å². The third-order valence-corrected chi connectivity index (χ3v) is 6.67. The summed E-state index contributed by atoms with van der Waals surface area (Å²) in [5, 5.41) is 13.5. The fourth-order valence-corrected chi connectivity index (χ4v) is 4.86. The van der Waals surface area contributed by atoms with Crippen molar-refractivity contribution in [3.05, 3.63) is 82.4 Å². The number of benzene rings is 3. The first-order valence-corrected chi connectivity index (χ1v) is 11.5. The predicted octanol–water partition coefficient (Wildman–Crippen LogP) is 3.75. The molecule has 3 rings (SSSR count). The van der Waals surface area contributed by atoms with Crippen molar-refractivity contribution < 1.29 is 27.6 Å². The van der Waals surface area contributed by atoms with Gasteiger partial charge in [-0.25, -0.2) is 8.42 Å². The maximum atomic E-state index is 13.7. The fourth-order valence-electron chi connectivity index (χ4n) is 3.20. The van der Waals surface area contributed by atoms with Gasteiger partial charge in [0.2, 0.25) is 5.91 Å². The Bertz CT molecular complexity index is 1310. The average Bonchev–Trinajstić information content (AvgIpc) is 2.82. The van der Waals surface area contributed by atoms with Crippen LogP contribution in [0.15, 0.2) is 71.6 Å². The molecule has 0 spiro atoms. The Balaban J connectivity index is 2.00. The summed E-state index contributed by atoms with van der Waals surface area (Å²) >= 11 is 0. The van der Waals surface area contributed by atoms with Gasteiger partial charge in [0.15, 0.2) is 0 Å². The average molecular weight is 486 g/mol. The Morgan fingerprint density at radius 1 is 1.03 bits per heavy atom. The number of carbonyl (C=O) groups excluding carboxylic acids is 1. The number of ether oxygens (including phenoxy) is 2. The maximum Gasteiger partial charge on any atom is 0.271 e. The number of amides is 1. The Hall–Kier alpha value is -4.12. The van der Waals surface area contributed by atoms with Gasteiger partial charge in [-0.1, -0.05) is 12.1 Å². The van der Waals surface area contributed by atoms with Crippen molar-refractivity contribution in [2.24, 2.45) is 0 Å². The molecule has 1 N–H and O–H groups in total. The van der Waals surface area contributed by atoms with Gasteiger partial charge in [0.25, 0.3) is 15.7 Å². The van der Waals surface area contributed by atoms with Gasteiger partial charge in [0, 0.05) is 17.8 Å². The van der Waals surface area contributed by atoms with Crippen LogP contribution in [0.25, 0.3) is 0 Å². The normalized spacial score (nSPS) is 10.9. The van der Waals surface area contributed by atoms with Crippen molar-refractivity contribution in [2.45, 2.75) is 11.8 Å². The number of hydrogen-bond donors (Lipinski definition) is 1. The van der Waals surface area contributed by atoms with E-state index in [2.05, 4.69) is 5.32 Å². The molecule has 3 aromatic carbocycles. The molecule has 0 bridgehead atoms. The van der Waals surface area contributed by atoms with Gasteiger partial charge in [-0.15, -0.1) is 0 Å². The molecule has 0 aliphatic carbocycles. The molecule has 0 fully saturated rings. The smallest absolute Gasteiger partial charge is 0.271 e. The van der Waals surface area contributed by atoms with Crippen molar-refractivity contribution >= 4 is 33.0 Å². The molecule has 0 aliphatic heterocycles. The van der Waals surface area contributed by atoms with E-state index >= 15 is 0 Å². The highest BCUT2D eigenvalue weighted by Crippen LogP contribution is 2.31. The van der Waals surface area contributed by atoms with E-state index in [1.54, 1.807) is 25.1 Å². The number of nitro benzene ring substituents is 1. The van der Waals surface area contributed by atoms with E-state index in [9.17, 15) is 23.3 Å². The lowest BCUT2D eigenvalue weighted by atomic mass is 10.2. The monoisotopic (exact) mass is 485 g/mol. The van der Waals surface area contributed by atoms with Crippen LogP contribution in [0.1, 0.15) is 5.56 Å². The summed E-state index contributed by atoms with van der Waals surface area (Å²) in [5.41, 5.74) is 0.870. The molecular weight excluding hydrogens is 462 g/mol. The van der Waals surface area contributed by atoms with Crippen molar-refractivity contribution in [1.82, 2.24) is 0 Å². The molecule has 0 saturated carbocycles.